The largest absolute Gasteiger partial charge is 0.363 e. The van der Waals surface area contributed by atoms with Gasteiger partial charge in [-0.15, -0.1) is 0 Å². The van der Waals surface area contributed by atoms with Crippen LogP contribution in [0.1, 0.15) is 12.0 Å². The van der Waals surface area contributed by atoms with Crippen molar-refractivity contribution in [2.24, 2.45) is 0 Å². The number of aromatic nitrogens is 4. The zero-order chi connectivity index (χ0) is 11.0. The van der Waals surface area contributed by atoms with Crippen molar-refractivity contribution < 1.29 is 9.84 Å². The number of hydrogen-bond donors (Lipinski definition) is 2. The number of ether oxygens (including phenoxy) is 1. The number of H-pyrrole nitrogens is 1. The Hall–Kier alpha value is -0.950. The molecule has 2 rings (SSSR count). The van der Waals surface area contributed by atoms with Gasteiger partial charge in [-0.05, 0) is 11.6 Å². The second kappa shape index (κ2) is 3.90. The highest BCUT2D eigenvalue weighted by molar-refractivity contribution is 6.35. The van der Waals surface area contributed by atoms with Crippen LogP contribution in [-0.4, -0.2) is 32.4 Å². The van der Waals surface area contributed by atoms with Crippen LogP contribution in [0, 0.1) is 0 Å². The van der Waals surface area contributed by atoms with Crippen molar-refractivity contribution in [3.8, 4) is 0 Å². The van der Waals surface area contributed by atoms with Crippen LogP contribution in [-0.2, 0) is 4.74 Å². The Morgan fingerprint density at radius 3 is 2.73 bits per heavy atom. The molecule has 0 radical (unpaired) electrons. The van der Waals surface area contributed by atoms with E-state index in [2.05, 4.69) is 20.2 Å². The number of nitrogens with zero attached hydrogens (tertiary/aromatic N) is 3. The maximum atomic E-state index is 9.46. The van der Waals surface area contributed by atoms with Crippen LogP contribution in [0.5, 0.6) is 0 Å². The zero-order valence-electron chi connectivity index (χ0n) is 7.53. The SMILES string of the molecule is COC(O)c1[nH]nc2c(Cl)nc(Cl)nc12. The van der Waals surface area contributed by atoms with Gasteiger partial charge in [0, 0.05) is 7.11 Å². The third kappa shape index (κ3) is 1.76. The predicted octanol–water partition coefficient (Wildman–Crippen LogP) is 1.30. The van der Waals surface area contributed by atoms with Gasteiger partial charge in [-0.25, -0.2) is 9.97 Å². The summed E-state index contributed by atoms with van der Waals surface area (Å²) < 4.78 is 4.72. The molecule has 1 unspecified atom stereocenters. The van der Waals surface area contributed by atoms with Crippen LogP contribution >= 0.6 is 23.2 Å². The van der Waals surface area contributed by atoms with E-state index < -0.39 is 6.29 Å². The number of hydrogen-bond acceptors (Lipinski definition) is 5. The summed E-state index contributed by atoms with van der Waals surface area (Å²) >= 11 is 11.4. The van der Waals surface area contributed by atoms with Crippen LogP contribution in [0.3, 0.4) is 0 Å². The monoisotopic (exact) mass is 248 g/mol. The average molecular weight is 249 g/mol. The lowest BCUT2D eigenvalue weighted by atomic mass is 10.3. The Kier molecular flexibility index (Phi) is 2.74. The fourth-order valence-corrected chi connectivity index (χ4v) is 1.57. The van der Waals surface area contributed by atoms with Crippen LogP contribution in [0.2, 0.25) is 10.4 Å². The van der Waals surface area contributed by atoms with E-state index in [1.54, 1.807) is 0 Å². The highest BCUT2D eigenvalue weighted by atomic mass is 35.5. The summed E-state index contributed by atoms with van der Waals surface area (Å²) in [6, 6.07) is 0. The molecule has 15 heavy (non-hydrogen) atoms. The number of aliphatic hydroxyl groups excluding tert-OH is 1. The molecular weight excluding hydrogens is 243 g/mol. The van der Waals surface area contributed by atoms with Crippen LogP contribution in [0.15, 0.2) is 0 Å². The molecule has 0 aliphatic heterocycles. The number of aromatic amines is 1. The van der Waals surface area contributed by atoms with Crippen molar-refractivity contribution in [1.29, 1.82) is 0 Å². The summed E-state index contributed by atoms with van der Waals surface area (Å²) in [6.45, 7) is 0. The van der Waals surface area contributed by atoms with Gasteiger partial charge in [0.05, 0.1) is 0 Å². The predicted molar refractivity (Wildman–Crippen MR) is 53.7 cm³/mol. The second-order valence-electron chi connectivity index (χ2n) is 2.71. The molecule has 2 aromatic heterocycles. The van der Waals surface area contributed by atoms with Crippen molar-refractivity contribution in [3.63, 3.8) is 0 Å². The first-order valence-electron chi connectivity index (χ1n) is 3.91. The minimum Gasteiger partial charge on any atom is -0.363 e. The van der Waals surface area contributed by atoms with Gasteiger partial charge in [-0.1, -0.05) is 11.6 Å². The standard InChI is InChI=1S/C7H6Cl2N4O2/c1-15-6(14)4-2-3(12-13-4)5(8)11-7(9)10-2/h6,14H,1H3,(H,12,13). The van der Waals surface area contributed by atoms with E-state index in [9.17, 15) is 5.11 Å². The molecule has 0 bridgehead atoms. The molecule has 0 saturated carbocycles. The first-order valence-corrected chi connectivity index (χ1v) is 4.67. The van der Waals surface area contributed by atoms with Gasteiger partial charge in [0.25, 0.3) is 0 Å². The van der Waals surface area contributed by atoms with Crippen molar-refractivity contribution >= 4 is 34.2 Å². The summed E-state index contributed by atoms with van der Waals surface area (Å²) in [4.78, 5) is 7.62. The third-order valence-corrected chi connectivity index (χ3v) is 2.26. The van der Waals surface area contributed by atoms with Crippen molar-refractivity contribution in [3.05, 3.63) is 16.1 Å². The van der Waals surface area contributed by atoms with Crippen molar-refractivity contribution in [2.45, 2.75) is 6.29 Å². The molecule has 0 aromatic carbocycles. The lowest BCUT2D eigenvalue weighted by molar-refractivity contribution is -0.0790. The quantitative estimate of drug-likeness (QED) is 0.476. The molecule has 2 heterocycles. The lowest BCUT2D eigenvalue weighted by Crippen LogP contribution is -2.01. The van der Waals surface area contributed by atoms with Gasteiger partial charge in [0.15, 0.2) is 11.4 Å². The molecule has 1 atom stereocenters. The first kappa shape index (κ1) is 10.6. The smallest absolute Gasteiger partial charge is 0.224 e. The van der Waals surface area contributed by atoms with Crippen LogP contribution < -0.4 is 0 Å². The number of fused-ring (bicyclic) bond motifs is 1. The third-order valence-electron chi connectivity index (χ3n) is 1.83. The summed E-state index contributed by atoms with van der Waals surface area (Å²) in [5, 5.41) is 16.0. The van der Waals surface area contributed by atoms with Crippen molar-refractivity contribution in [1.82, 2.24) is 20.2 Å². The molecule has 2 aromatic rings. The normalized spacial score (nSPS) is 13.3. The van der Waals surface area contributed by atoms with E-state index in [1.165, 1.54) is 7.11 Å². The number of nitrogens with one attached hydrogen (secondary N) is 1. The van der Waals surface area contributed by atoms with Gasteiger partial charge in [-0.3, -0.25) is 5.10 Å². The number of rotatable bonds is 2. The average Bonchev–Trinajstić information content (AvgIpc) is 2.60. The maximum Gasteiger partial charge on any atom is 0.224 e. The lowest BCUT2D eigenvalue weighted by Gasteiger charge is -2.04. The molecule has 0 fully saturated rings. The molecule has 0 saturated heterocycles. The van der Waals surface area contributed by atoms with Crippen LogP contribution in [0.4, 0.5) is 0 Å². The Morgan fingerprint density at radius 2 is 2.07 bits per heavy atom. The maximum absolute atomic E-state index is 9.46. The van der Waals surface area contributed by atoms with E-state index in [0.29, 0.717) is 16.7 Å². The number of methoxy groups -OCH3 is 1. The molecule has 8 heteroatoms. The summed E-state index contributed by atoms with van der Waals surface area (Å²) in [6.07, 6.45) is -1.16. The summed E-state index contributed by atoms with van der Waals surface area (Å²) in [5.74, 6) is 0. The Balaban J connectivity index is 2.68. The summed E-state index contributed by atoms with van der Waals surface area (Å²) in [5.41, 5.74) is 0.972. The Labute approximate surface area is 94.2 Å². The molecule has 80 valence electrons. The highest BCUT2D eigenvalue weighted by Gasteiger charge is 2.18. The van der Waals surface area contributed by atoms with E-state index in [0.717, 1.165) is 0 Å². The van der Waals surface area contributed by atoms with Crippen LogP contribution in [0.25, 0.3) is 11.0 Å². The number of aliphatic hydroxyl groups is 1. The Bertz CT molecular complexity index is 501. The van der Waals surface area contributed by atoms with Crippen molar-refractivity contribution in [2.75, 3.05) is 7.11 Å². The van der Waals surface area contributed by atoms with E-state index in [-0.39, 0.29) is 10.4 Å². The Morgan fingerprint density at radius 1 is 1.33 bits per heavy atom. The molecule has 2 N–H and O–H groups in total. The van der Waals surface area contributed by atoms with E-state index >= 15 is 0 Å². The highest BCUT2D eigenvalue weighted by Crippen LogP contribution is 2.25. The van der Waals surface area contributed by atoms with Gasteiger partial charge >= 0.3 is 0 Å². The fourth-order valence-electron chi connectivity index (χ4n) is 1.15. The molecular formula is C7H6Cl2N4O2. The second-order valence-corrected chi connectivity index (χ2v) is 3.40. The molecule has 0 aliphatic carbocycles. The first-order chi connectivity index (χ1) is 7.13. The van der Waals surface area contributed by atoms with E-state index in [4.69, 9.17) is 27.9 Å². The summed E-state index contributed by atoms with van der Waals surface area (Å²) in [7, 11) is 1.35. The minimum absolute atomic E-state index is 0.0153. The van der Waals surface area contributed by atoms with Gasteiger partial charge in [0.2, 0.25) is 5.28 Å². The van der Waals surface area contributed by atoms with Gasteiger partial charge in [0.1, 0.15) is 16.7 Å². The molecule has 6 nitrogen and oxygen atoms in total. The molecule has 0 amide bonds. The molecule has 0 aliphatic rings. The molecule has 0 spiro atoms. The zero-order valence-corrected chi connectivity index (χ0v) is 9.04. The minimum atomic E-state index is -1.16. The van der Waals surface area contributed by atoms with Gasteiger partial charge in [-0.2, -0.15) is 5.10 Å². The van der Waals surface area contributed by atoms with E-state index in [1.807, 2.05) is 0 Å². The fraction of sp³-hybridized carbons (Fsp3) is 0.286. The van der Waals surface area contributed by atoms with Gasteiger partial charge < -0.3 is 9.84 Å². The topological polar surface area (TPSA) is 83.9 Å². The number of halogens is 2.